The number of hydrogen-bond acceptors (Lipinski definition) is 5. The summed E-state index contributed by atoms with van der Waals surface area (Å²) in [6.07, 6.45) is 0.609. The molecule has 8 heteroatoms. The standard InChI is InChI=1S/C12H20N2O4S.ClH/c1-17-9-10-18-11-3-5-12(6-4-11)19(15,16)14-8-2-7-13;/h3-6,14H,2,7-10,13H2,1H3;1H. The van der Waals surface area contributed by atoms with Gasteiger partial charge < -0.3 is 15.2 Å². The highest BCUT2D eigenvalue weighted by atomic mass is 35.5. The number of nitrogens with two attached hydrogens (primary N) is 1. The zero-order valence-corrected chi connectivity index (χ0v) is 13.0. The lowest BCUT2D eigenvalue weighted by atomic mass is 10.3. The number of methoxy groups -OCH3 is 1. The fourth-order valence-corrected chi connectivity index (χ4v) is 2.42. The highest BCUT2D eigenvalue weighted by Gasteiger charge is 2.12. The summed E-state index contributed by atoms with van der Waals surface area (Å²) in [5.41, 5.74) is 5.31. The van der Waals surface area contributed by atoms with Gasteiger partial charge in [0.2, 0.25) is 10.0 Å². The molecule has 0 aliphatic rings. The molecule has 0 aliphatic carbocycles. The second-order valence-electron chi connectivity index (χ2n) is 3.85. The quantitative estimate of drug-likeness (QED) is 0.654. The number of sulfonamides is 1. The second kappa shape index (κ2) is 9.95. The molecule has 0 unspecified atom stereocenters. The van der Waals surface area contributed by atoms with E-state index in [2.05, 4.69) is 4.72 Å². The molecule has 0 saturated carbocycles. The zero-order valence-electron chi connectivity index (χ0n) is 11.4. The van der Waals surface area contributed by atoms with Crippen LogP contribution in [0.4, 0.5) is 0 Å². The lowest BCUT2D eigenvalue weighted by Gasteiger charge is -2.08. The van der Waals surface area contributed by atoms with Gasteiger partial charge in [-0.1, -0.05) is 0 Å². The Hall–Kier alpha value is -0.860. The minimum absolute atomic E-state index is 0. The van der Waals surface area contributed by atoms with Crippen molar-refractivity contribution in [3.63, 3.8) is 0 Å². The first kappa shape index (κ1) is 19.1. The molecule has 1 aromatic rings. The Bertz CT molecular complexity index is 465. The lowest BCUT2D eigenvalue weighted by molar-refractivity contribution is 0.146. The van der Waals surface area contributed by atoms with E-state index in [0.29, 0.717) is 38.5 Å². The highest BCUT2D eigenvalue weighted by molar-refractivity contribution is 7.89. The molecule has 0 aromatic heterocycles. The van der Waals surface area contributed by atoms with E-state index < -0.39 is 10.0 Å². The van der Waals surface area contributed by atoms with Crippen LogP contribution in [-0.4, -0.2) is 41.8 Å². The normalized spacial score (nSPS) is 10.9. The number of hydrogen-bond donors (Lipinski definition) is 2. The molecule has 1 rings (SSSR count). The molecule has 0 bridgehead atoms. The van der Waals surface area contributed by atoms with Crippen LogP contribution in [0, 0.1) is 0 Å². The first-order valence-electron chi connectivity index (χ1n) is 6.01. The van der Waals surface area contributed by atoms with Crippen molar-refractivity contribution in [3.05, 3.63) is 24.3 Å². The average Bonchev–Trinajstić information content (AvgIpc) is 2.40. The fourth-order valence-electron chi connectivity index (χ4n) is 1.35. The van der Waals surface area contributed by atoms with Crippen LogP contribution in [0.3, 0.4) is 0 Å². The molecule has 1 aromatic carbocycles. The van der Waals surface area contributed by atoms with Gasteiger partial charge in [-0.3, -0.25) is 0 Å². The van der Waals surface area contributed by atoms with Gasteiger partial charge in [0, 0.05) is 13.7 Å². The Morgan fingerprint density at radius 1 is 1.20 bits per heavy atom. The van der Waals surface area contributed by atoms with Crippen molar-refractivity contribution < 1.29 is 17.9 Å². The maximum atomic E-state index is 11.9. The smallest absolute Gasteiger partial charge is 0.240 e. The van der Waals surface area contributed by atoms with Gasteiger partial charge in [0.25, 0.3) is 0 Å². The second-order valence-corrected chi connectivity index (χ2v) is 5.62. The molecule has 0 spiro atoms. The molecular weight excluding hydrogens is 304 g/mol. The van der Waals surface area contributed by atoms with E-state index in [0.717, 1.165) is 0 Å². The number of rotatable bonds is 9. The molecule has 0 radical (unpaired) electrons. The van der Waals surface area contributed by atoms with Crippen LogP contribution < -0.4 is 15.2 Å². The van der Waals surface area contributed by atoms with Crippen LogP contribution in [0.2, 0.25) is 0 Å². The van der Waals surface area contributed by atoms with Crippen molar-refractivity contribution in [2.45, 2.75) is 11.3 Å². The Balaban J connectivity index is 0.00000361. The summed E-state index contributed by atoms with van der Waals surface area (Å²) in [4.78, 5) is 0.212. The molecule has 0 atom stereocenters. The monoisotopic (exact) mass is 324 g/mol. The number of halogens is 1. The van der Waals surface area contributed by atoms with Crippen LogP contribution in [0.1, 0.15) is 6.42 Å². The average molecular weight is 325 g/mol. The third-order valence-corrected chi connectivity index (χ3v) is 3.84. The van der Waals surface area contributed by atoms with Crippen molar-refractivity contribution in [3.8, 4) is 5.75 Å². The number of benzene rings is 1. The summed E-state index contributed by atoms with van der Waals surface area (Å²) in [7, 11) is -1.87. The molecule has 0 aliphatic heterocycles. The van der Waals surface area contributed by atoms with Gasteiger partial charge in [-0.2, -0.15) is 0 Å². The van der Waals surface area contributed by atoms with E-state index in [4.69, 9.17) is 15.2 Å². The molecule has 0 amide bonds. The van der Waals surface area contributed by atoms with E-state index in [-0.39, 0.29) is 17.3 Å². The van der Waals surface area contributed by atoms with Gasteiger partial charge in [-0.15, -0.1) is 12.4 Å². The Labute approximate surface area is 126 Å². The topological polar surface area (TPSA) is 90.6 Å². The summed E-state index contributed by atoms with van der Waals surface area (Å²) in [5.74, 6) is 0.609. The largest absolute Gasteiger partial charge is 0.491 e. The van der Waals surface area contributed by atoms with E-state index in [1.807, 2.05) is 0 Å². The van der Waals surface area contributed by atoms with Crippen molar-refractivity contribution in [1.29, 1.82) is 0 Å². The summed E-state index contributed by atoms with van der Waals surface area (Å²) >= 11 is 0. The minimum atomic E-state index is -3.46. The van der Waals surface area contributed by atoms with Gasteiger partial charge >= 0.3 is 0 Å². The van der Waals surface area contributed by atoms with E-state index in [1.165, 1.54) is 12.1 Å². The predicted octanol–water partition coefficient (Wildman–Crippen LogP) is 0.761. The fraction of sp³-hybridized carbons (Fsp3) is 0.500. The summed E-state index contributed by atoms with van der Waals surface area (Å²) in [6.45, 7) is 1.71. The summed E-state index contributed by atoms with van der Waals surface area (Å²) in [6, 6.07) is 6.25. The van der Waals surface area contributed by atoms with E-state index in [1.54, 1.807) is 19.2 Å². The first-order chi connectivity index (χ1) is 9.10. The molecule has 0 heterocycles. The van der Waals surface area contributed by atoms with Crippen LogP contribution in [0.15, 0.2) is 29.2 Å². The molecular formula is C12H21ClN2O4S. The lowest BCUT2D eigenvalue weighted by Crippen LogP contribution is -2.26. The zero-order chi connectivity index (χ0) is 14.1. The maximum absolute atomic E-state index is 11.9. The van der Waals surface area contributed by atoms with Gasteiger partial charge in [-0.25, -0.2) is 13.1 Å². The van der Waals surface area contributed by atoms with Crippen molar-refractivity contribution in [1.82, 2.24) is 4.72 Å². The van der Waals surface area contributed by atoms with Crippen LogP contribution in [-0.2, 0) is 14.8 Å². The van der Waals surface area contributed by atoms with Gasteiger partial charge in [0.1, 0.15) is 12.4 Å². The Morgan fingerprint density at radius 3 is 2.40 bits per heavy atom. The number of ether oxygens (including phenoxy) is 2. The molecule has 3 N–H and O–H groups in total. The Morgan fingerprint density at radius 2 is 1.85 bits per heavy atom. The van der Waals surface area contributed by atoms with Crippen molar-refractivity contribution in [2.24, 2.45) is 5.73 Å². The molecule has 20 heavy (non-hydrogen) atoms. The molecule has 6 nitrogen and oxygen atoms in total. The van der Waals surface area contributed by atoms with Crippen molar-refractivity contribution >= 4 is 22.4 Å². The summed E-state index contributed by atoms with van der Waals surface area (Å²) in [5, 5.41) is 0. The van der Waals surface area contributed by atoms with Gasteiger partial charge in [0.05, 0.1) is 11.5 Å². The molecule has 116 valence electrons. The van der Waals surface area contributed by atoms with Crippen molar-refractivity contribution in [2.75, 3.05) is 33.4 Å². The Kier molecular flexibility index (Phi) is 9.52. The number of nitrogens with one attached hydrogen (secondary N) is 1. The minimum Gasteiger partial charge on any atom is -0.491 e. The first-order valence-corrected chi connectivity index (χ1v) is 7.50. The summed E-state index contributed by atoms with van der Waals surface area (Å²) < 4.78 is 36.4. The maximum Gasteiger partial charge on any atom is 0.240 e. The van der Waals surface area contributed by atoms with Crippen LogP contribution >= 0.6 is 12.4 Å². The molecule has 0 fully saturated rings. The molecule has 0 saturated heterocycles. The van der Waals surface area contributed by atoms with Gasteiger partial charge in [-0.05, 0) is 37.2 Å². The van der Waals surface area contributed by atoms with Gasteiger partial charge in [0.15, 0.2) is 0 Å². The third kappa shape index (κ3) is 6.53. The predicted molar refractivity (Wildman–Crippen MR) is 79.9 cm³/mol. The van der Waals surface area contributed by atoms with E-state index >= 15 is 0 Å². The highest BCUT2D eigenvalue weighted by Crippen LogP contribution is 2.15. The SMILES string of the molecule is COCCOc1ccc(S(=O)(=O)NCCCN)cc1.Cl. The van der Waals surface area contributed by atoms with Crippen LogP contribution in [0.5, 0.6) is 5.75 Å². The van der Waals surface area contributed by atoms with Crippen LogP contribution in [0.25, 0.3) is 0 Å². The van der Waals surface area contributed by atoms with E-state index in [9.17, 15) is 8.42 Å². The third-order valence-electron chi connectivity index (χ3n) is 2.36.